The van der Waals surface area contributed by atoms with Crippen molar-refractivity contribution in [3.05, 3.63) is 33.9 Å². The highest BCUT2D eigenvalue weighted by Crippen LogP contribution is 2.37. The van der Waals surface area contributed by atoms with Crippen LogP contribution in [0, 0.1) is 16.0 Å². The largest absolute Gasteiger partial charge is 0.478 e. The third-order valence-corrected chi connectivity index (χ3v) is 3.23. The molecular formula is C12H14N2O4. The molecule has 0 aromatic heterocycles. The third kappa shape index (κ3) is 2.42. The summed E-state index contributed by atoms with van der Waals surface area (Å²) in [6, 6.07) is 4.16. The van der Waals surface area contributed by atoms with E-state index in [1.807, 2.05) is 0 Å². The van der Waals surface area contributed by atoms with E-state index in [4.69, 9.17) is 5.11 Å². The first-order valence-electron chi connectivity index (χ1n) is 5.81. The van der Waals surface area contributed by atoms with Crippen molar-refractivity contribution in [1.82, 2.24) is 0 Å². The van der Waals surface area contributed by atoms with Gasteiger partial charge >= 0.3 is 5.97 Å². The SMILES string of the molecule is CCC1CC1Nc1ccc([N+](=O)[O-])cc1C(=O)O. The van der Waals surface area contributed by atoms with Gasteiger partial charge in [-0.1, -0.05) is 13.3 Å². The van der Waals surface area contributed by atoms with Crippen molar-refractivity contribution in [3.8, 4) is 0 Å². The monoisotopic (exact) mass is 250 g/mol. The third-order valence-electron chi connectivity index (χ3n) is 3.23. The summed E-state index contributed by atoms with van der Waals surface area (Å²) in [7, 11) is 0. The Labute approximate surface area is 104 Å². The van der Waals surface area contributed by atoms with Crippen LogP contribution in [0.1, 0.15) is 30.1 Å². The summed E-state index contributed by atoms with van der Waals surface area (Å²) in [6.45, 7) is 2.08. The number of hydrogen-bond acceptors (Lipinski definition) is 4. The molecule has 0 saturated heterocycles. The maximum absolute atomic E-state index is 11.1. The number of nitrogens with one attached hydrogen (secondary N) is 1. The molecule has 0 spiro atoms. The molecule has 0 aliphatic heterocycles. The summed E-state index contributed by atoms with van der Waals surface area (Å²) >= 11 is 0. The standard InChI is InChI=1S/C12H14N2O4/c1-2-7-5-11(7)13-10-4-3-8(14(17)18)6-9(10)12(15)16/h3-4,6-7,11,13H,2,5H2,1H3,(H,15,16). The van der Waals surface area contributed by atoms with Crippen molar-refractivity contribution < 1.29 is 14.8 Å². The van der Waals surface area contributed by atoms with Gasteiger partial charge < -0.3 is 10.4 Å². The zero-order valence-electron chi connectivity index (χ0n) is 9.92. The van der Waals surface area contributed by atoms with Gasteiger partial charge in [-0.2, -0.15) is 0 Å². The molecular weight excluding hydrogens is 236 g/mol. The van der Waals surface area contributed by atoms with Crippen molar-refractivity contribution in [3.63, 3.8) is 0 Å². The predicted octanol–water partition coefficient (Wildman–Crippen LogP) is 2.50. The van der Waals surface area contributed by atoms with E-state index < -0.39 is 10.9 Å². The lowest BCUT2D eigenvalue weighted by Gasteiger charge is -2.08. The Morgan fingerprint density at radius 2 is 2.33 bits per heavy atom. The summed E-state index contributed by atoms with van der Waals surface area (Å²) in [5.41, 5.74) is 0.195. The van der Waals surface area contributed by atoms with Crippen LogP contribution in [0.4, 0.5) is 11.4 Å². The van der Waals surface area contributed by atoms with Gasteiger partial charge in [0.1, 0.15) is 0 Å². The van der Waals surface area contributed by atoms with E-state index in [0.29, 0.717) is 11.6 Å². The first kappa shape index (κ1) is 12.3. The second kappa shape index (κ2) is 4.64. The van der Waals surface area contributed by atoms with Crippen molar-refractivity contribution >= 4 is 17.3 Å². The van der Waals surface area contributed by atoms with Crippen LogP contribution >= 0.6 is 0 Å². The second-order valence-electron chi connectivity index (χ2n) is 4.45. The minimum Gasteiger partial charge on any atom is -0.478 e. The van der Waals surface area contributed by atoms with Gasteiger partial charge in [-0.25, -0.2) is 4.79 Å². The molecule has 18 heavy (non-hydrogen) atoms. The Balaban J connectivity index is 2.24. The second-order valence-corrected chi connectivity index (χ2v) is 4.45. The van der Waals surface area contributed by atoms with Crippen LogP contribution in [0.3, 0.4) is 0 Å². The van der Waals surface area contributed by atoms with E-state index in [1.165, 1.54) is 12.1 Å². The van der Waals surface area contributed by atoms with Crippen LogP contribution in [0.2, 0.25) is 0 Å². The molecule has 0 bridgehead atoms. The van der Waals surface area contributed by atoms with Gasteiger partial charge in [0, 0.05) is 23.9 Å². The summed E-state index contributed by atoms with van der Waals surface area (Å²) in [5, 5.41) is 22.8. The summed E-state index contributed by atoms with van der Waals surface area (Å²) in [4.78, 5) is 21.1. The van der Waals surface area contributed by atoms with Gasteiger partial charge in [0.25, 0.3) is 5.69 Å². The topological polar surface area (TPSA) is 92.5 Å². The molecule has 1 fully saturated rings. The lowest BCUT2D eigenvalue weighted by atomic mass is 10.1. The van der Waals surface area contributed by atoms with Crippen LogP contribution in [-0.4, -0.2) is 22.0 Å². The Bertz CT molecular complexity index is 501. The zero-order chi connectivity index (χ0) is 13.3. The maximum atomic E-state index is 11.1. The molecule has 96 valence electrons. The van der Waals surface area contributed by atoms with Crippen molar-refractivity contribution in [2.45, 2.75) is 25.8 Å². The Morgan fingerprint density at radius 1 is 1.61 bits per heavy atom. The van der Waals surface area contributed by atoms with Crippen molar-refractivity contribution in [1.29, 1.82) is 0 Å². The molecule has 1 aliphatic rings. The minimum absolute atomic E-state index is 0.0500. The average Bonchev–Trinajstić information content (AvgIpc) is 3.07. The number of nitro benzene ring substituents is 1. The molecule has 2 unspecified atom stereocenters. The van der Waals surface area contributed by atoms with E-state index in [2.05, 4.69) is 12.2 Å². The Hall–Kier alpha value is -2.11. The smallest absolute Gasteiger partial charge is 0.338 e. The number of anilines is 1. The number of nitro groups is 1. The first-order chi connectivity index (χ1) is 8.52. The number of aromatic carboxylic acids is 1. The molecule has 2 atom stereocenters. The average molecular weight is 250 g/mol. The molecule has 6 nitrogen and oxygen atoms in total. The van der Waals surface area contributed by atoms with E-state index in [9.17, 15) is 14.9 Å². The number of carboxylic acid groups (broad SMARTS) is 1. The van der Waals surface area contributed by atoms with Gasteiger partial charge in [0.05, 0.1) is 10.5 Å². The first-order valence-corrected chi connectivity index (χ1v) is 5.81. The van der Waals surface area contributed by atoms with Crippen molar-refractivity contribution in [2.24, 2.45) is 5.92 Å². The predicted molar refractivity (Wildman–Crippen MR) is 65.9 cm³/mol. The summed E-state index contributed by atoms with van der Waals surface area (Å²) < 4.78 is 0. The highest BCUT2D eigenvalue weighted by atomic mass is 16.6. The zero-order valence-corrected chi connectivity index (χ0v) is 9.92. The number of nitrogens with zero attached hydrogens (tertiary/aromatic N) is 1. The van der Waals surface area contributed by atoms with Gasteiger partial charge in [-0.15, -0.1) is 0 Å². The van der Waals surface area contributed by atoms with E-state index >= 15 is 0 Å². The summed E-state index contributed by atoms with van der Waals surface area (Å²) in [6.07, 6.45) is 2.07. The molecule has 1 aromatic rings. The number of benzene rings is 1. The normalized spacial score (nSPS) is 21.4. The quantitative estimate of drug-likeness (QED) is 0.618. The fraction of sp³-hybridized carbons (Fsp3) is 0.417. The van der Waals surface area contributed by atoms with E-state index in [1.54, 1.807) is 0 Å². The number of non-ortho nitro benzene ring substituents is 1. The highest BCUT2D eigenvalue weighted by Gasteiger charge is 2.35. The molecule has 1 saturated carbocycles. The fourth-order valence-corrected chi connectivity index (χ4v) is 2.02. The number of hydrogen-bond donors (Lipinski definition) is 2. The molecule has 0 heterocycles. The van der Waals surface area contributed by atoms with Crippen LogP contribution in [0.5, 0.6) is 0 Å². The van der Waals surface area contributed by atoms with Crippen LogP contribution in [-0.2, 0) is 0 Å². The Morgan fingerprint density at radius 3 is 2.83 bits per heavy atom. The Kier molecular flexibility index (Phi) is 3.18. The van der Waals surface area contributed by atoms with Crippen molar-refractivity contribution in [2.75, 3.05) is 5.32 Å². The fourth-order valence-electron chi connectivity index (χ4n) is 2.02. The molecule has 1 aromatic carbocycles. The highest BCUT2D eigenvalue weighted by molar-refractivity contribution is 5.95. The van der Waals surface area contributed by atoms with E-state index in [-0.39, 0.29) is 17.3 Å². The lowest BCUT2D eigenvalue weighted by molar-refractivity contribution is -0.384. The molecule has 0 radical (unpaired) electrons. The lowest BCUT2D eigenvalue weighted by Crippen LogP contribution is -2.10. The van der Waals surface area contributed by atoms with Crippen LogP contribution in [0.15, 0.2) is 18.2 Å². The van der Waals surface area contributed by atoms with Gasteiger partial charge in [0.2, 0.25) is 0 Å². The maximum Gasteiger partial charge on any atom is 0.338 e. The molecule has 0 amide bonds. The van der Waals surface area contributed by atoms with Gasteiger partial charge in [-0.3, -0.25) is 10.1 Å². The van der Waals surface area contributed by atoms with E-state index in [0.717, 1.165) is 18.9 Å². The summed E-state index contributed by atoms with van der Waals surface area (Å²) in [5.74, 6) is -0.586. The number of rotatable bonds is 5. The molecule has 2 rings (SSSR count). The molecule has 2 N–H and O–H groups in total. The van der Waals surface area contributed by atoms with Crippen LogP contribution < -0.4 is 5.32 Å². The van der Waals surface area contributed by atoms with Crippen LogP contribution in [0.25, 0.3) is 0 Å². The number of carbonyl (C=O) groups is 1. The minimum atomic E-state index is -1.16. The number of carboxylic acids is 1. The molecule has 1 aliphatic carbocycles. The van der Waals surface area contributed by atoms with Gasteiger partial charge in [-0.05, 0) is 18.4 Å². The van der Waals surface area contributed by atoms with Gasteiger partial charge in [0.15, 0.2) is 0 Å². The molecule has 6 heteroatoms.